The van der Waals surface area contributed by atoms with E-state index < -0.39 is 12.6 Å². The van der Waals surface area contributed by atoms with E-state index in [1.54, 1.807) is 36.4 Å². The second-order valence-electron chi connectivity index (χ2n) is 7.94. The topological polar surface area (TPSA) is 90.0 Å². The Labute approximate surface area is 185 Å². The van der Waals surface area contributed by atoms with Gasteiger partial charge in [0, 0.05) is 5.56 Å². The number of benzene rings is 2. The predicted octanol–water partition coefficient (Wildman–Crippen LogP) is 3.44. The fraction of sp³-hybridized carbons (Fsp3) is 0.280. The molecule has 2 aromatic carbocycles. The van der Waals surface area contributed by atoms with Crippen LogP contribution < -0.4 is 9.64 Å². The second kappa shape index (κ2) is 8.78. The third kappa shape index (κ3) is 3.93. The van der Waals surface area contributed by atoms with Gasteiger partial charge in [0.2, 0.25) is 11.8 Å². The van der Waals surface area contributed by atoms with Crippen molar-refractivity contribution in [2.45, 2.75) is 13.3 Å². The number of anilines is 1. The van der Waals surface area contributed by atoms with Crippen molar-refractivity contribution in [2.24, 2.45) is 17.8 Å². The number of carbonyl (C=O) groups is 4. The first-order valence-corrected chi connectivity index (χ1v) is 10.4. The smallest absolute Gasteiger partial charge is 0.338 e. The predicted molar refractivity (Wildman–Crippen MR) is 116 cm³/mol. The van der Waals surface area contributed by atoms with E-state index in [0.717, 1.165) is 0 Å². The number of imide groups is 1. The molecular weight excluding hydrogens is 410 g/mol. The molecule has 4 rings (SSSR count). The lowest BCUT2D eigenvalue weighted by molar-refractivity contribution is -0.122. The van der Waals surface area contributed by atoms with E-state index in [4.69, 9.17) is 9.47 Å². The molecule has 7 nitrogen and oxygen atoms in total. The van der Waals surface area contributed by atoms with Crippen LogP contribution in [0.2, 0.25) is 0 Å². The SMILES string of the molecule is COc1ccc(C(=O)COC(=O)c2ccc(N3C(=O)[C@@H]4[C@H](C)C=CC[C@@H]4C3=O)cc2)cc1. The summed E-state index contributed by atoms with van der Waals surface area (Å²) in [7, 11) is 1.53. The lowest BCUT2D eigenvalue weighted by Gasteiger charge is -2.22. The van der Waals surface area contributed by atoms with Crippen LogP contribution in [0.1, 0.15) is 34.1 Å². The number of ketones is 1. The van der Waals surface area contributed by atoms with Gasteiger partial charge in [0.15, 0.2) is 12.4 Å². The lowest BCUT2D eigenvalue weighted by Crippen LogP contribution is -2.31. The average Bonchev–Trinajstić information content (AvgIpc) is 3.08. The number of allylic oxidation sites excluding steroid dienone is 2. The van der Waals surface area contributed by atoms with Crippen LogP contribution in [0, 0.1) is 17.8 Å². The van der Waals surface area contributed by atoms with E-state index in [1.165, 1.54) is 24.1 Å². The van der Waals surface area contributed by atoms with Crippen molar-refractivity contribution in [3.8, 4) is 5.75 Å². The minimum Gasteiger partial charge on any atom is -0.497 e. The summed E-state index contributed by atoms with van der Waals surface area (Å²) in [6.07, 6.45) is 4.48. The van der Waals surface area contributed by atoms with Crippen LogP contribution in [-0.2, 0) is 14.3 Å². The fourth-order valence-corrected chi connectivity index (χ4v) is 4.22. The van der Waals surface area contributed by atoms with E-state index in [-0.39, 0.29) is 40.9 Å². The molecule has 7 heteroatoms. The summed E-state index contributed by atoms with van der Waals surface area (Å²) in [5.41, 5.74) is 1.06. The highest BCUT2D eigenvalue weighted by atomic mass is 16.5. The summed E-state index contributed by atoms with van der Waals surface area (Å²) in [6, 6.07) is 12.6. The molecule has 0 spiro atoms. The van der Waals surface area contributed by atoms with Crippen molar-refractivity contribution in [1.29, 1.82) is 0 Å². The minimum atomic E-state index is -0.663. The number of carbonyl (C=O) groups excluding carboxylic acids is 4. The Morgan fingerprint density at radius 1 is 0.969 bits per heavy atom. The molecule has 0 radical (unpaired) electrons. The number of rotatable bonds is 6. The first-order valence-electron chi connectivity index (χ1n) is 10.4. The molecule has 1 heterocycles. The molecular formula is C25H23NO6. The summed E-state index contributed by atoms with van der Waals surface area (Å²) in [5, 5.41) is 0. The Morgan fingerprint density at radius 2 is 1.62 bits per heavy atom. The quantitative estimate of drug-likeness (QED) is 0.300. The summed E-state index contributed by atoms with van der Waals surface area (Å²) >= 11 is 0. The van der Waals surface area contributed by atoms with Crippen molar-refractivity contribution >= 4 is 29.3 Å². The number of methoxy groups -OCH3 is 1. The molecule has 2 aromatic rings. The monoisotopic (exact) mass is 433 g/mol. The van der Waals surface area contributed by atoms with Crippen LogP contribution in [0.5, 0.6) is 5.75 Å². The van der Waals surface area contributed by atoms with Crippen LogP contribution in [0.25, 0.3) is 0 Å². The van der Waals surface area contributed by atoms with E-state index >= 15 is 0 Å². The van der Waals surface area contributed by atoms with Crippen molar-refractivity contribution < 1.29 is 28.7 Å². The molecule has 1 saturated heterocycles. The van der Waals surface area contributed by atoms with Gasteiger partial charge in [-0.2, -0.15) is 0 Å². The molecule has 0 saturated carbocycles. The third-order valence-electron chi connectivity index (χ3n) is 5.98. The van der Waals surface area contributed by atoms with Crippen molar-refractivity contribution in [3.63, 3.8) is 0 Å². The molecule has 1 aliphatic carbocycles. The summed E-state index contributed by atoms with van der Waals surface area (Å²) < 4.78 is 10.2. The van der Waals surface area contributed by atoms with E-state index in [1.807, 2.05) is 19.1 Å². The van der Waals surface area contributed by atoms with Crippen LogP contribution in [0.4, 0.5) is 5.69 Å². The van der Waals surface area contributed by atoms with Gasteiger partial charge < -0.3 is 9.47 Å². The number of Topliss-reactive ketones (excluding diaryl/α,β-unsaturated/α-hetero) is 1. The fourth-order valence-electron chi connectivity index (χ4n) is 4.22. The molecule has 0 aromatic heterocycles. The Morgan fingerprint density at radius 3 is 2.25 bits per heavy atom. The summed E-state index contributed by atoms with van der Waals surface area (Å²) in [5.74, 6) is -1.47. The Bertz CT molecular complexity index is 1090. The molecule has 1 aliphatic heterocycles. The van der Waals surface area contributed by atoms with Crippen LogP contribution in [0.3, 0.4) is 0 Å². The van der Waals surface area contributed by atoms with Gasteiger partial charge in [-0.3, -0.25) is 19.3 Å². The van der Waals surface area contributed by atoms with Crippen molar-refractivity contribution in [3.05, 3.63) is 71.8 Å². The highest BCUT2D eigenvalue weighted by Gasteiger charge is 2.50. The highest BCUT2D eigenvalue weighted by Crippen LogP contribution is 2.40. The maximum atomic E-state index is 12.9. The van der Waals surface area contributed by atoms with E-state index in [2.05, 4.69) is 0 Å². The Balaban J connectivity index is 1.40. The molecule has 1 fully saturated rings. The summed E-state index contributed by atoms with van der Waals surface area (Å²) in [4.78, 5) is 51.4. The van der Waals surface area contributed by atoms with Crippen LogP contribution in [0.15, 0.2) is 60.7 Å². The van der Waals surface area contributed by atoms with Gasteiger partial charge in [-0.25, -0.2) is 4.79 Å². The normalized spacial score (nSPS) is 21.9. The number of hydrogen-bond donors (Lipinski definition) is 0. The molecule has 32 heavy (non-hydrogen) atoms. The van der Waals surface area contributed by atoms with Gasteiger partial charge in [-0.1, -0.05) is 19.1 Å². The maximum absolute atomic E-state index is 12.9. The number of esters is 1. The molecule has 3 atom stereocenters. The summed E-state index contributed by atoms with van der Waals surface area (Å²) in [6.45, 7) is 1.54. The van der Waals surface area contributed by atoms with Crippen LogP contribution >= 0.6 is 0 Å². The van der Waals surface area contributed by atoms with Crippen molar-refractivity contribution in [2.75, 3.05) is 18.6 Å². The number of amides is 2. The van der Waals surface area contributed by atoms with Crippen molar-refractivity contribution in [1.82, 2.24) is 0 Å². The number of ether oxygens (including phenoxy) is 2. The zero-order chi connectivity index (χ0) is 22.8. The highest BCUT2D eigenvalue weighted by molar-refractivity contribution is 6.22. The van der Waals surface area contributed by atoms with Gasteiger partial charge in [0.25, 0.3) is 0 Å². The first kappa shape index (κ1) is 21.5. The lowest BCUT2D eigenvalue weighted by atomic mass is 9.78. The van der Waals surface area contributed by atoms with E-state index in [0.29, 0.717) is 23.4 Å². The van der Waals surface area contributed by atoms with E-state index in [9.17, 15) is 19.2 Å². The third-order valence-corrected chi connectivity index (χ3v) is 5.98. The number of fused-ring (bicyclic) bond motifs is 1. The number of hydrogen-bond acceptors (Lipinski definition) is 6. The molecule has 0 unspecified atom stereocenters. The standard InChI is InChI=1S/C25H23NO6/c1-15-4-3-5-20-22(15)24(29)26(23(20)28)18-10-6-17(7-11-18)25(30)32-14-21(27)16-8-12-19(31-2)13-9-16/h3-4,6-13,15,20,22H,5,14H2,1-2H3/t15-,20+,22-/m1/s1. The largest absolute Gasteiger partial charge is 0.497 e. The molecule has 2 amide bonds. The number of nitrogens with zero attached hydrogens (tertiary/aromatic N) is 1. The first-order chi connectivity index (χ1) is 15.4. The molecule has 164 valence electrons. The zero-order valence-electron chi connectivity index (χ0n) is 17.8. The van der Waals surface area contributed by atoms with Gasteiger partial charge >= 0.3 is 5.97 Å². The Kier molecular flexibility index (Phi) is 5.90. The van der Waals surface area contributed by atoms with Gasteiger partial charge in [0.05, 0.1) is 30.2 Å². The molecule has 2 aliphatic rings. The van der Waals surface area contributed by atoms with Gasteiger partial charge in [0.1, 0.15) is 5.75 Å². The maximum Gasteiger partial charge on any atom is 0.338 e. The minimum absolute atomic E-state index is 0.00712. The second-order valence-corrected chi connectivity index (χ2v) is 7.94. The van der Waals surface area contributed by atoms with Crippen LogP contribution in [-0.4, -0.2) is 37.3 Å². The van der Waals surface area contributed by atoms with Gasteiger partial charge in [-0.15, -0.1) is 0 Å². The average molecular weight is 433 g/mol. The molecule has 0 bridgehead atoms. The molecule has 0 N–H and O–H groups in total. The van der Waals surface area contributed by atoms with Gasteiger partial charge in [-0.05, 0) is 60.9 Å². The Hall–Kier alpha value is -3.74. The zero-order valence-corrected chi connectivity index (χ0v) is 17.8.